The first-order valence-corrected chi connectivity index (χ1v) is 7.06. The van der Waals surface area contributed by atoms with Crippen LogP contribution in [0.2, 0.25) is 0 Å². The third-order valence-electron chi connectivity index (χ3n) is 3.22. The van der Waals surface area contributed by atoms with E-state index in [1.165, 1.54) is 19.2 Å². The van der Waals surface area contributed by atoms with Gasteiger partial charge in [0.1, 0.15) is 0 Å². The molecule has 2 aromatic rings. The minimum atomic E-state index is -0.580. The van der Waals surface area contributed by atoms with E-state index in [4.69, 9.17) is 0 Å². The fourth-order valence-corrected chi connectivity index (χ4v) is 2.08. The minimum Gasteiger partial charge on any atom is -0.393 e. The first-order chi connectivity index (χ1) is 10.9. The molecule has 0 amide bonds. The number of ketones is 1. The van der Waals surface area contributed by atoms with Crippen LogP contribution in [0.25, 0.3) is 0 Å². The maximum Gasteiger partial charge on any atom is 0.312 e. The molecule has 0 fully saturated rings. The monoisotopic (exact) mass is 315 g/mol. The van der Waals surface area contributed by atoms with Crippen molar-refractivity contribution < 1.29 is 14.8 Å². The second-order valence-electron chi connectivity index (χ2n) is 5.28. The van der Waals surface area contributed by atoms with Gasteiger partial charge in [-0.15, -0.1) is 0 Å². The number of carbonyl (C=O) groups is 1. The summed E-state index contributed by atoms with van der Waals surface area (Å²) >= 11 is 0. The number of nitro groups is 1. The lowest BCUT2D eigenvalue weighted by Gasteiger charge is -2.09. The number of hydrogen-bond acceptors (Lipinski definition) is 6. The Morgan fingerprint density at radius 1 is 1.39 bits per heavy atom. The largest absolute Gasteiger partial charge is 0.393 e. The van der Waals surface area contributed by atoms with Gasteiger partial charge in [0.05, 0.1) is 11.0 Å². The number of nitrogens with one attached hydrogen (secondary N) is 1. The van der Waals surface area contributed by atoms with E-state index in [0.717, 1.165) is 5.56 Å². The predicted molar refractivity (Wildman–Crippen MR) is 86.0 cm³/mol. The van der Waals surface area contributed by atoms with E-state index >= 15 is 0 Å². The van der Waals surface area contributed by atoms with E-state index < -0.39 is 11.0 Å². The van der Waals surface area contributed by atoms with Gasteiger partial charge in [0.2, 0.25) is 5.82 Å². The zero-order valence-electron chi connectivity index (χ0n) is 12.8. The molecule has 0 aliphatic heterocycles. The van der Waals surface area contributed by atoms with Crippen molar-refractivity contribution in [1.82, 2.24) is 4.98 Å². The molecule has 2 N–H and O–H groups in total. The number of hydrogen-bond donors (Lipinski definition) is 2. The average molecular weight is 315 g/mol. The van der Waals surface area contributed by atoms with Crippen molar-refractivity contribution in [3.63, 3.8) is 0 Å². The Morgan fingerprint density at radius 2 is 2.04 bits per heavy atom. The van der Waals surface area contributed by atoms with Gasteiger partial charge in [-0.3, -0.25) is 14.9 Å². The van der Waals surface area contributed by atoms with Crippen LogP contribution in [0.1, 0.15) is 29.8 Å². The zero-order valence-corrected chi connectivity index (χ0v) is 12.8. The predicted octanol–water partition coefficient (Wildman–Crippen LogP) is 2.86. The van der Waals surface area contributed by atoms with Crippen molar-refractivity contribution in [3.05, 3.63) is 57.8 Å². The fourth-order valence-electron chi connectivity index (χ4n) is 2.08. The molecule has 2 rings (SSSR count). The molecule has 0 unspecified atom stereocenters. The number of anilines is 2. The van der Waals surface area contributed by atoms with Crippen LogP contribution in [0.3, 0.4) is 0 Å². The summed E-state index contributed by atoms with van der Waals surface area (Å²) in [4.78, 5) is 25.9. The van der Waals surface area contributed by atoms with E-state index in [0.29, 0.717) is 12.1 Å². The van der Waals surface area contributed by atoms with E-state index in [9.17, 15) is 20.0 Å². The molecule has 120 valence electrons. The molecule has 0 radical (unpaired) electrons. The Balaban J connectivity index is 2.25. The number of aromatic nitrogens is 1. The van der Waals surface area contributed by atoms with Crippen molar-refractivity contribution >= 4 is 23.0 Å². The van der Waals surface area contributed by atoms with Crippen LogP contribution in [0.4, 0.5) is 17.2 Å². The molecule has 0 bridgehead atoms. The molecule has 0 spiro atoms. The van der Waals surface area contributed by atoms with E-state index in [1.807, 2.05) is 12.1 Å². The standard InChI is InChI=1S/C16H17N3O4/c1-10(20)7-12-3-5-14(6-4-12)18-16-15(19(22)23)8-13(9-17-16)11(2)21/h3-6,8-10,20H,7H2,1-2H3,(H,17,18)/t10-/m0/s1. The summed E-state index contributed by atoms with van der Waals surface area (Å²) in [6.45, 7) is 3.03. The van der Waals surface area contributed by atoms with Crippen LogP contribution >= 0.6 is 0 Å². The number of aliphatic hydroxyl groups is 1. The highest BCUT2D eigenvalue weighted by atomic mass is 16.6. The molecule has 1 aromatic heterocycles. The van der Waals surface area contributed by atoms with Crippen molar-refractivity contribution in [2.24, 2.45) is 0 Å². The topological polar surface area (TPSA) is 105 Å². The van der Waals surface area contributed by atoms with E-state index in [2.05, 4.69) is 10.3 Å². The lowest BCUT2D eigenvalue weighted by Crippen LogP contribution is -2.05. The Labute approximate surface area is 133 Å². The van der Waals surface area contributed by atoms with Crippen molar-refractivity contribution in [1.29, 1.82) is 0 Å². The quantitative estimate of drug-likeness (QED) is 0.482. The highest BCUT2D eigenvalue weighted by molar-refractivity contribution is 5.95. The molecule has 1 aromatic carbocycles. The Hall–Kier alpha value is -2.80. The van der Waals surface area contributed by atoms with Gasteiger partial charge in [-0.05, 0) is 38.0 Å². The van der Waals surface area contributed by atoms with Gasteiger partial charge in [-0.2, -0.15) is 0 Å². The van der Waals surface area contributed by atoms with Crippen LogP contribution in [0.15, 0.2) is 36.5 Å². The number of carbonyl (C=O) groups excluding carboxylic acids is 1. The summed E-state index contributed by atoms with van der Waals surface area (Å²) in [5.41, 5.74) is 1.52. The van der Waals surface area contributed by atoms with Crippen molar-refractivity contribution in [3.8, 4) is 0 Å². The highest BCUT2D eigenvalue weighted by Gasteiger charge is 2.18. The number of aliphatic hydroxyl groups excluding tert-OH is 1. The fraction of sp³-hybridized carbons (Fsp3) is 0.250. The number of rotatable bonds is 6. The molecule has 23 heavy (non-hydrogen) atoms. The molecule has 1 atom stereocenters. The van der Waals surface area contributed by atoms with Gasteiger partial charge < -0.3 is 10.4 Å². The maximum absolute atomic E-state index is 11.3. The van der Waals surface area contributed by atoms with Crippen LogP contribution in [0, 0.1) is 10.1 Å². The Kier molecular flexibility index (Phi) is 5.02. The molecular formula is C16H17N3O4. The summed E-state index contributed by atoms with van der Waals surface area (Å²) in [5, 5.41) is 23.4. The second kappa shape index (κ2) is 6.97. The number of pyridine rings is 1. The smallest absolute Gasteiger partial charge is 0.312 e. The Bertz CT molecular complexity index is 727. The maximum atomic E-state index is 11.3. The molecule has 0 aliphatic carbocycles. The number of benzene rings is 1. The van der Waals surface area contributed by atoms with Gasteiger partial charge in [-0.25, -0.2) is 4.98 Å². The SMILES string of the molecule is CC(=O)c1cnc(Nc2ccc(C[C@H](C)O)cc2)c([N+](=O)[O-])c1. The molecule has 7 heteroatoms. The second-order valence-corrected chi connectivity index (χ2v) is 5.28. The lowest BCUT2D eigenvalue weighted by molar-refractivity contribution is -0.384. The van der Waals surface area contributed by atoms with Crippen molar-refractivity contribution in [2.75, 3.05) is 5.32 Å². The van der Waals surface area contributed by atoms with Crippen LogP contribution < -0.4 is 5.32 Å². The third-order valence-corrected chi connectivity index (χ3v) is 3.22. The van der Waals surface area contributed by atoms with E-state index in [1.54, 1.807) is 19.1 Å². The zero-order chi connectivity index (χ0) is 17.0. The first kappa shape index (κ1) is 16.6. The van der Waals surface area contributed by atoms with Gasteiger partial charge in [0.15, 0.2) is 5.78 Å². The number of Topliss-reactive ketones (excluding diaryl/α,β-unsaturated/α-hetero) is 1. The average Bonchev–Trinajstić information content (AvgIpc) is 2.48. The summed E-state index contributed by atoms with van der Waals surface area (Å²) in [5.74, 6) is -0.210. The third kappa shape index (κ3) is 4.33. The molecule has 0 saturated carbocycles. The van der Waals surface area contributed by atoms with Crippen molar-refractivity contribution in [2.45, 2.75) is 26.4 Å². The van der Waals surface area contributed by atoms with Gasteiger partial charge in [-0.1, -0.05) is 12.1 Å². The van der Waals surface area contributed by atoms with E-state index in [-0.39, 0.29) is 22.9 Å². The highest BCUT2D eigenvalue weighted by Crippen LogP contribution is 2.26. The summed E-state index contributed by atoms with van der Waals surface area (Å²) in [6.07, 6.45) is 1.40. The Morgan fingerprint density at radius 3 is 2.57 bits per heavy atom. The van der Waals surface area contributed by atoms with Gasteiger partial charge in [0, 0.05) is 23.5 Å². The minimum absolute atomic E-state index is 0.0725. The van der Waals surface area contributed by atoms with Gasteiger partial charge >= 0.3 is 5.69 Å². The molecule has 1 heterocycles. The number of nitrogens with zero attached hydrogens (tertiary/aromatic N) is 2. The molecule has 7 nitrogen and oxygen atoms in total. The normalized spacial score (nSPS) is 11.8. The summed E-state index contributed by atoms with van der Waals surface area (Å²) < 4.78 is 0. The van der Waals surface area contributed by atoms with Crippen LogP contribution in [-0.2, 0) is 6.42 Å². The summed E-state index contributed by atoms with van der Waals surface area (Å²) in [6, 6.07) is 8.36. The first-order valence-electron chi connectivity index (χ1n) is 7.06. The lowest BCUT2D eigenvalue weighted by atomic mass is 10.1. The summed E-state index contributed by atoms with van der Waals surface area (Å²) in [7, 11) is 0. The van der Waals surface area contributed by atoms with Gasteiger partial charge in [0.25, 0.3) is 0 Å². The molecule has 0 aliphatic rings. The molecular weight excluding hydrogens is 298 g/mol. The van der Waals surface area contributed by atoms with Crippen LogP contribution in [-0.4, -0.2) is 26.9 Å². The molecule has 0 saturated heterocycles. The van der Waals surface area contributed by atoms with Crippen LogP contribution in [0.5, 0.6) is 0 Å².